The van der Waals surface area contributed by atoms with E-state index in [1.54, 1.807) is 12.1 Å². The molecule has 1 aliphatic heterocycles. The van der Waals surface area contributed by atoms with Crippen LogP contribution in [0.4, 0.5) is 5.82 Å². The van der Waals surface area contributed by atoms with Crippen molar-refractivity contribution in [3.63, 3.8) is 0 Å². The van der Waals surface area contributed by atoms with E-state index in [4.69, 9.17) is 10.8 Å². The molecular weight excluding hydrogens is 462 g/mol. The van der Waals surface area contributed by atoms with Crippen LogP contribution in [0.15, 0.2) is 31.9 Å². The van der Waals surface area contributed by atoms with Crippen LogP contribution < -0.4 is 16.6 Å². The van der Waals surface area contributed by atoms with Crippen molar-refractivity contribution in [3.8, 4) is 5.69 Å². The van der Waals surface area contributed by atoms with Gasteiger partial charge in [-0.15, -0.1) is 0 Å². The summed E-state index contributed by atoms with van der Waals surface area (Å²) in [6.07, 6.45) is -0.205. The lowest BCUT2D eigenvalue weighted by Gasteiger charge is -2.16. The zero-order valence-corrected chi connectivity index (χ0v) is 15.5. The first-order chi connectivity index (χ1) is 11.7. The predicted molar refractivity (Wildman–Crippen MR) is 95.0 cm³/mol. The number of imide groups is 1. The second-order valence-corrected chi connectivity index (χ2v) is 6.96. The Morgan fingerprint density at radius 3 is 2.28 bits per heavy atom. The third-order valence-electron chi connectivity index (χ3n) is 3.61. The summed E-state index contributed by atoms with van der Waals surface area (Å²) in [5.41, 5.74) is 6.04. The van der Waals surface area contributed by atoms with Gasteiger partial charge in [-0.1, -0.05) is 0 Å². The number of carboxylic acid groups (broad SMARTS) is 1. The molecule has 2 amide bonds. The Kier molecular flexibility index (Phi) is 4.25. The Labute approximate surface area is 156 Å². The number of rotatable bonds is 3. The number of carbonyl (C=O) groups excluding carboxylic acids is 2. The molecule has 0 saturated carbocycles. The fourth-order valence-electron chi connectivity index (χ4n) is 2.62. The monoisotopic (exact) mass is 469 g/mol. The van der Waals surface area contributed by atoms with Crippen LogP contribution in [-0.4, -0.2) is 27.5 Å². The Morgan fingerprint density at radius 1 is 1.12 bits per heavy atom. The maximum Gasteiger partial charge on any atom is 0.307 e. The molecule has 2 heterocycles. The Morgan fingerprint density at radius 2 is 1.72 bits per heavy atom. The molecule has 1 aromatic heterocycles. The van der Waals surface area contributed by atoms with E-state index >= 15 is 0 Å². The number of benzene rings is 1. The van der Waals surface area contributed by atoms with Gasteiger partial charge in [-0.25, -0.2) is 0 Å². The lowest BCUT2D eigenvalue weighted by atomic mass is 10.1. The minimum Gasteiger partial charge on any atom is -0.481 e. The third kappa shape index (κ3) is 2.87. The quantitative estimate of drug-likeness (QED) is 0.582. The van der Waals surface area contributed by atoms with Gasteiger partial charge in [0.05, 0.1) is 23.2 Å². The average Bonchev–Trinajstić information content (AvgIpc) is 2.75. The molecule has 0 saturated heterocycles. The lowest BCUT2D eigenvalue weighted by molar-refractivity contribution is -0.136. The number of hydrogen-bond donors (Lipinski definition) is 3. The highest BCUT2D eigenvalue weighted by atomic mass is 79.9. The SMILES string of the molecule is Nc1c2c(cc(=O)n1-c1c(Br)cc(CC(=O)O)cc1Br)C(=O)NC2=O. The average molecular weight is 471 g/mol. The molecule has 0 aliphatic carbocycles. The van der Waals surface area contributed by atoms with E-state index < -0.39 is 23.3 Å². The van der Waals surface area contributed by atoms with Crippen molar-refractivity contribution < 1.29 is 19.5 Å². The maximum atomic E-state index is 12.5. The van der Waals surface area contributed by atoms with Crippen LogP contribution in [0.2, 0.25) is 0 Å². The highest BCUT2D eigenvalue weighted by Crippen LogP contribution is 2.33. The maximum absolute atomic E-state index is 12.5. The number of amides is 2. The molecule has 0 atom stereocenters. The standard InChI is InChI=1S/C15H9Br2N3O5/c16-7-1-5(3-10(22)23)2-8(17)12(7)20-9(21)4-6-11(13(20)18)15(25)19-14(6)24/h1-2,4H,3,18H2,(H,22,23)(H,19,24,25). The summed E-state index contributed by atoms with van der Waals surface area (Å²) in [6, 6.07) is 4.12. The Bertz CT molecular complexity index is 1010. The molecule has 10 heteroatoms. The summed E-state index contributed by atoms with van der Waals surface area (Å²) in [5, 5.41) is 11.0. The van der Waals surface area contributed by atoms with E-state index in [0.29, 0.717) is 20.2 Å². The van der Waals surface area contributed by atoms with E-state index in [2.05, 4.69) is 37.2 Å². The van der Waals surface area contributed by atoms with Crippen molar-refractivity contribution in [1.82, 2.24) is 9.88 Å². The minimum absolute atomic E-state index is 0.0708. The predicted octanol–water partition coefficient (Wildman–Crippen LogP) is 1.46. The van der Waals surface area contributed by atoms with E-state index in [1.807, 2.05) is 0 Å². The second-order valence-electron chi connectivity index (χ2n) is 5.25. The Hall–Kier alpha value is -2.46. The highest BCUT2D eigenvalue weighted by Gasteiger charge is 2.32. The molecule has 0 radical (unpaired) electrons. The van der Waals surface area contributed by atoms with Crippen molar-refractivity contribution in [2.75, 3.05) is 5.73 Å². The summed E-state index contributed by atoms with van der Waals surface area (Å²) >= 11 is 6.59. The fourth-order valence-corrected chi connectivity index (χ4v) is 4.25. The molecular formula is C15H9Br2N3O5. The van der Waals surface area contributed by atoms with Crippen LogP contribution in [0.1, 0.15) is 26.3 Å². The van der Waals surface area contributed by atoms with Gasteiger partial charge < -0.3 is 10.8 Å². The number of aliphatic carboxylic acids is 1. The van der Waals surface area contributed by atoms with Crippen LogP contribution in [0.25, 0.3) is 5.69 Å². The molecule has 0 spiro atoms. The molecule has 25 heavy (non-hydrogen) atoms. The summed E-state index contributed by atoms with van der Waals surface area (Å²) in [6.45, 7) is 0. The number of carbonyl (C=O) groups is 3. The summed E-state index contributed by atoms with van der Waals surface area (Å²) in [4.78, 5) is 47.0. The number of nitrogens with two attached hydrogens (primary N) is 1. The number of hydrogen-bond acceptors (Lipinski definition) is 5. The first-order valence-corrected chi connectivity index (χ1v) is 8.40. The molecule has 3 rings (SSSR count). The van der Waals surface area contributed by atoms with Crippen LogP contribution in [0.5, 0.6) is 0 Å². The number of fused-ring (bicyclic) bond motifs is 1. The topological polar surface area (TPSA) is 131 Å². The number of aromatic nitrogens is 1. The Balaban J connectivity index is 2.27. The minimum atomic E-state index is -1.00. The number of pyridine rings is 1. The van der Waals surface area contributed by atoms with Crippen molar-refractivity contribution in [2.45, 2.75) is 6.42 Å². The fraction of sp³-hybridized carbons (Fsp3) is 0.0667. The summed E-state index contributed by atoms with van der Waals surface area (Å²) in [7, 11) is 0. The lowest BCUT2D eigenvalue weighted by Crippen LogP contribution is -2.24. The van der Waals surface area contributed by atoms with Gasteiger partial charge in [0.25, 0.3) is 17.4 Å². The third-order valence-corrected chi connectivity index (χ3v) is 4.82. The molecule has 0 fully saturated rings. The van der Waals surface area contributed by atoms with E-state index in [1.165, 1.54) is 0 Å². The zero-order chi connectivity index (χ0) is 18.5. The molecule has 2 aromatic rings. The van der Waals surface area contributed by atoms with Crippen molar-refractivity contribution in [3.05, 3.63) is 54.2 Å². The van der Waals surface area contributed by atoms with E-state index in [9.17, 15) is 19.2 Å². The summed E-state index contributed by atoms with van der Waals surface area (Å²) < 4.78 is 1.88. The van der Waals surface area contributed by atoms with Crippen LogP contribution in [0, 0.1) is 0 Å². The molecule has 0 unspecified atom stereocenters. The van der Waals surface area contributed by atoms with Crippen LogP contribution in [0.3, 0.4) is 0 Å². The van der Waals surface area contributed by atoms with Gasteiger partial charge in [-0.2, -0.15) is 0 Å². The molecule has 8 nitrogen and oxygen atoms in total. The first kappa shape index (κ1) is 17.4. The smallest absolute Gasteiger partial charge is 0.307 e. The van der Waals surface area contributed by atoms with Crippen molar-refractivity contribution >= 4 is 55.5 Å². The van der Waals surface area contributed by atoms with Gasteiger partial charge in [0, 0.05) is 15.0 Å². The molecule has 128 valence electrons. The molecule has 1 aromatic carbocycles. The van der Waals surface area contributed by atoms with Gasteiger partial charge in [-0.05, 0) is 49.6 Å². The van der Waals surface area contributed by atoms with Crippen LogP contribution >= 0.6 is 31.9 Å². The highest BCUT2D eigenvalue weighted by molar-refractivity contribution is 9.11. The second kappa shape index (κ2) is 6.12. The molecule has 4 N–H and O–H groups in total. The first-order valence-electron chi connectivity index (χ1n) is 6.82. The number of anilines is 1. The number of halogens is 2. The normalized spacial score (nSPS) is 12.9. The zero-order valence-electron chi connectivity index (χ0n) is 12.3. The molecule has 1 aliphatic rings. The summed E-state index contributed by atoms with van der Waals surface area (Å²) in [5.74, 6) is -2.54. The van der Waals surface area contributed by atoms with Gasteiger partial charge in [0.2, 0.25) is 0 Å². The number of nitrogens with zero attached hydrogens (tertiary/aromatic N) is 1. The van der Waals surface area contributed by atoms with Gasteiger partial charge in [-0.3, -0.25) is 29.1 Å². The molecule has 0 bridgehead atoms. The number of nitrogen functional groups attached to an aromatic ring is 1. The van der Waals surface area contributed by atoms with Gasteiger partial charge in [0.15, 0.2) is 0 Å². The number of nitrogens with one attached hydrogen (secondary N) is 1. The van der Waals surface area contributed by atoms with Crippen LogP contribution in [-0.2, 0) is 11.2 Å². The largest absolute Gasteiger partial charge is 0.481 e. The van der Waals surface area contributed by atoms with E-state index in [-0.39, 0.29) is 23.4 Å². The number of carboxylic acids is 1. The van der Waals surface area contributed by atoms with Crippen molar-refractivity contribution in [1.29, 1.82) is 0 Å². The van der Waals surface area contributed by atoms with E-state index in [0.717, 1.165) is 10.6 Å². The van der Waals surface area contributed by atoms with Gasteiger partial charge in [0.1, 0.15) is 5.82 Å². The van der Waals surface area contributed by atoms with Crippen molar-refractivity contribution in [2.24, 2.45) is 0 Å². The van der Waals surface area contributed by atoms with Gasteiger partial charge >= 0.3 is 5.97 Å².